The van der Waals surface area contributed by atoms with Gasteiger partial charge in [0.1, 0.15) is 0 Å². The van der Waals surface area contributed by atoms with Gasteiger partial charge in [-0.2, -0.15) is 0 Å². The number of aromatic amines is 1. The van der Waals surface area contributed by atoms with Crippen LogP contribution in [0, 0.1) is 12.8 Å². The van der Waals surface area contributed by atoms with E-state index in [-0.39, 0.29) is 11.8 Å². The van der Waals surface area contributed by atoms with Gasteiger partial charge in [0.2, 0.25) is 5.91 Å². The molecular formula is C16H19ClN2O2. The summed E-state index contributed by atoms with van der Waals surface area (Å²) >= 11 is 6.07. The summed E-state index contributed by atoms with van der Waals surface area (Å²) in [5, 5.41) is 4.87. The number of aromatic nitrogens is 1. The smallest absolute Gasteiger partial charge is 0.225 e. The van der Waals surface area contributed by atoms with E-state index in [1.807, 2.05) is 18.2 Å². The molecule has 0 saturated carbocycles. The third-order valence-electron chi connectivity index (χ3n) is 4.06. The van der Waals surface area contributed by atoms with Crippen LogP contribution in [-0.2, 0) is 16.0 Å². The van der Waals surface area contributed by atoms with Gasteiger partial charge in [0.05, 0.1) is 12.5 Å². The average Bonchev–Trinajstić information content (AvgIpc) is 3.08. The molecule has 21 heavy (non-hydrogen) atoms. The molecule has 1 atom stereocenters. The molecule has 1 saturated heterocycles. The van der Waals surface area contributed by atoms with Crippen LogP contribution in [0.15, 0.2) is 18.2 Å². The topological polar surface area (TPSA) is 54.1 Å². The summed E-state index contributed by atoms with van der Waals surface area (Å²) < 4.78 is 5.24. The third-order valence-corrected chi connectivity index (χ3v) is 4.29. The normalized spacial score (nSPS) is 18.3. The minimum atomic E-state index is 0.0171. The minimum absolute atomic E-state index is 0.0171. The number of fused-ring (bicyclic) bond motifs is 1. The van der Waals surface area contributed by atoms with E-state index in [0.717, 1.165) is 34.5 Å². The summed E-state index contributed by atoms with van der Waals surface area (Å²) in [5.74, 6) is 0.117. The van der Waals surface area contributed by atoms with Crippen molar-refractivity contribution in [3.05, 3.63) is 34.5 Å². The largest absolute Gasteiger partial charge is 0.381 e. The van der Waals surface area contributed by atoms with E-state index in [0.29, 0.717) is 19.8 Å². The lowest BCUT2D eigenvalue weighted by molar-refractivity contribution is -0.124. The van der Waals surface area contributed by atoms with E-state index in [9.17, 15) is 4.79 Å². The summed E-state index contributed by atoms with van der Waals surface area (Å²) in [6.07, 6.45) is 1.62. The number of carbonyl (C=O) groups excluding carboxylic acids is 1. The Balaban J connectivity index is 1.66. The lowest BCUT2D eigenvalue weighted by atomic mass is 10.1. The maximum Gasteiger partial charge on any atom is 0.225 e. The molecule has 1 aromatic heterocycles. The lowest BCUT2D eigenvalue weighted by Gasteiger charge is -2.09. The summed E-state index contributed by atoms with van der Waals surface area (Å²) in [4.78, 5) is 15.3. The van der Waals surface area contributed by atoms with Crippen LogP contribution >= 0.6 is 11.6 Å². The van der Waals surface area contributed by atoms with Gasteiger partial charge < -0.3 is 15.0 Å². The fourth-order valence-corrected chi connectivity index (χ4v) is 3.05. The molecule has 2 aromatic rings. The Morgan fingerprint density at radius 2 is 2.38 bits per heavy atom. The predicted molar refractivity (Wildman–Crippen MR) is 83.7 cm³/mol. The SMILES string of the molecule is Cc1[nH]c2ccc(Cl)cc2c1CCNC(=O)[C@@H]1CCOC1. The van der Waals surface area contributed by atoms with Crippen LogP contribution in [0.5, 0.6) is 0 Å². The molecule has 5 heteroatoms. The molecule has 1 amide bonds. The first-order chi connectivity index (χ1) is 10.1. The number of hydrogen-bond donors (Lipinski definition) is 2. The molecule has 0 radical (unpaired) electrons. The Labute approximate surface area is 128 Å². The van der Waals surface area contributed by atoms with E-state index in [1.165, 1.54) is 5.56 Å². The maximum absolute atomic E-state index is 12.0. The van der Waals surface area contributed by atoms with Crippen LogP contribution < -0.4 is 5.32 Å². The second kappa shape index (κ2) is 6.08. The number of aryl methyl sites for hydroxylation is 1. The Morgan fingerprint density at radius 3 is 3.14 bits per heavy atom. The van der Waals surface area contributed by atoms with Gasteiger partial charge in [0, 0.05) is 34.8 Å². The number of amides is 1. The molecule has 1 aliphatic heterocycles. The van der Waals surface area contributed by atoms with E-state index >= 15 is 0 Å². The summed E-state index contributed by atoms with van der Waals surface area (Å²) in [6.45, 7) is 3.93. The van der Waals surface area contributed by atoms with E-state index in [1.54, 1.807) is 0 Å². The van der Waals surface area contributed by atoms with Gasteiger partial charge in [-0.3, -0.25) is 4.79 Å². The van der Waals surface area contributed by atoms with Crippen molar-refractivity contribution < 1.29 is 9.53 Å². The van der Waals surface area contributed by atoms with Crippen molar-refractivity contribution in [3.63, 3.8) is 0 Å². The monoisotopic (exact) mass is 306 g/mol. The van der Waals surface area contributed by atoms with E-state index in [2.05, 4.69) is 17.2 Å². The van der Waals surface area contributed by atoms with Crippen LogP contribution in [-0.4, -0.2) is 30.6 Å². The molecule has 0 spiro atoms. The first kappa shape index (κ1) is 14.4. The number of carbonyl (C=O) groups is 1. The highest BCUT2D eigenvalue weighted by atomic mass is 35.5. The third kappa shape index (κ3) is 3.06. The minimum Gasteiger partial charge on any atom is -0.381 e. The highest BCUT2D eigenvalue weighted by Gasteiger charge is 2.23. The molecule has 0 unspecified atom stereocenters. The zero-order valence-electron chi connectivity index (χ0n) is 12.0. The highest BCUT2D eigenvalue weighted by molar-refractivity contribution is 6.31. The highest BCUT2D eigenvalue weighted by Crippen LogP contribution is 2.25. The zero-order chi connectivity index (χ0) is 14.8. The van der Waals surface area contributed by atoms with Gasteiger partial charge in [-0.15, -0.1) is 0 Å². The predicted octanol–water partition coefficient (Wildman–Crippen LogP) is 2.82. The second-order valence-corrected chi connectivity index (χ2v) is 5.96. The molecule has 1 aliphatic rings. The molecule has 4 nitrogen and oxygen atoms in total. The van der Waals surface area contributed by atoms with Crippen molar-refractivity contribution in [1.29, 1.82) is 0 Å². The molecule has 2 N–H and O–H groups in total. The fraction of sp³-hybridized carbons (Fsp3) is 0.438. The number of benzene rings is 1. The average molecular weight is 307 g/mol. The van der Waals surface area contributed by atoms with E-state index < -0.39 is 0 Å². The molecule has 0 bridgehead atoms. The molecule has 2 heterocycles. The van der Waals surface area contributed by atoms with Crippen molar-refractivity contribution >= 4 is 28.4 Å². The molecule has 1 fully saturated rings. The van der Waals surface area contributed by atoms with Gasteiger partial charge in [0.25, 0.3) is 0 Å². The van der Waals surface area contributed by atoms with Crippen LogP contribution in [0.25, 0.3) is 10.9 Å². The van der Waals surface area contributed by atoms with Crippen LogP contribution in [0.3, 0.4) is 0 Å². The first-order valence-corrected chi connectivity index (χ1v) is 7.65. The van der Waals surface area contributed by atoms with Crippen LogP contribution in [0.1, 0.15) is 17.7 Å². The lowest BCUT2D eigenvalue weighted by Crippen LogP contribution is -2.32. The van der Waals surface area contributed by atoms with Crippen LogP contribution in [0.2, 0.25) is 5.02 Å². The molecule has 3 rings (SSSR count). The van der Waals surface area contributed by atoms with E-state index in [4.69, 9.17) is 16.3 Å². The summed E-state index contributed by atoms with van der Waals surface area (Å²) in [6, 6.07) is 5.84. The number of hydrogen-bond acceptors (Lipinski definition) is 2. The van der Waals surface area contributed by atoms with Gasteiger partial charge in [-0.25, -0.2) is 0 Å². The van der Waals surface area contributed by atoms with Crippen molar-refractivity contribution in [3.8, 4) is 0 Å². The molecular weight excluding hydrogens is 288 g/mol. The van der Waals surface area contributed by atoms with Crippen molar-refractivity contribution in [1.82, 2.24) is 10.3 Å². The van der Waals surface area contributed by atoms with Gasteiger partial charge in [0.15, 0.2) is 0 Å². The standard InChI is InChI=1S/C16H19ClN2O2/c1-10-13(14-8-12(17)2-3-15(14)19-10)4-6-18-16(20)11-5-7-21-9-11/h2-3,8,11,19H,4-7,9H2,1H3,(H,18,20)/t11-/m1/s1. The Morgan fingerprint density at radius 1 is 1.52 bits per heavy atom. The van der Waals surface area contributed by atoms with Crippen molar-refractivity contribution in [2.75, 3.05) is 19.8 Å². The van der Waals surface area contributed by atoms with Gasteiger partial charge in [-0.1, -0.05) is 11.6 Å². The molecule has 0 aliphatic carbocycles. The van der Waals surface area contributed by atoms with Crippen molar-refractivity contribution in [2.24, 2.45) is 5.92 Å². The van der Waals surface area contributed by atoms with Crippen LogP contribution in [0.4, 0.5) is 0 Å². The van der Waals surface area contributed by atoms with Gasteiger partial charge >= 0.3 is 0 Å². The number of nitrogens with one attached hydrogen (secondary N) is 2. The Hall–Kier alpha value is -1.52. The molecule has 1 aromatic carbocycles. The van der Waals surface area contributed by atoms with Crippen molar-refractivity contribution in [2.45, 2.75) is 19.8 Å². The fourth-order valence-electron chi connectivity index (χ4n) is 2.87. The Bertz CT molecular complexity index is 660. The number of rotatable bonds is 4. The number of H-pyrrole nitrogens is 1. The summed E-state index contributed by atoms with van der Waals surface area (Å²) in [7, 11) is 0. The maximum atomic E-state index is 12.0. The zero-order valence-corrected chi connectivity index (χ0v) is 12.8. The Kier molecular flexibility index (Phi) is 4.17. The molecule has 112 valence electrons. The quantitative estimate of drug-likeness (QED) is 0.912. The second-order valence-electron chi connectivity index (χ2n) is 5.52. The number of ether oxygens (including phenoxy) is 1. The van der Waals surface area contributed by atoms with Gasteiger partial charge in [-0.05, 0) is 43.5 Å². The number of halogens is 1. The first-order valence-electron chi connectivity index (χ1n) is 7.27. The summed E-state index contributed by atoms with van der Waals surface area (Å²) in [5.41, 5.74) is 3.43.